The van der Waals surface area contributed by atoms with Crippen LogP contribution in [-0.2, 0) is 0 Å². The highest BCUT2D eigenvalue weighted by Crippen LogP contribution is 2.11. The third kappa shape index (κ3) is 5.07. The Hall–Kier alpha value is -2.95. The molecule has 0 aromatic heterocycles. The summed E-state index contributed by atoms with van der Waals surface area (Å²) in [5.41, 5.74) is 4.14. The number of hydrazone groups is 1. The van der Waals surface area contributed by atoms with Gasteiger partial charge >= 0.3 is 0 Å². The molecule has 0 atom stereocenters. The van der Waals surface area contributed by atoms with E-state index >= 15 is 0 Å². The number of amides is 2. The lowest BCUT2D eigenvalue weighted by atomic mass is 10.1. The Morgan fingerprint density at radius 1 is 0.913 bits per heavy atom. The summed E-state index contributed by atoms with van der Waals surface area (Å²) in [4.78, 5) is 23.9. The maximum atomic E-state index is 12.0. The van der Waals surface area contributed by atoms with Gasteiger partial charge in [0.25, 0.3) is 11.8 Å². The molecule has 0 unspecified atom stereocenters. The molecule has 2 N–H and O–H groups in total. The van der Waals surface area contributed by atoms with Crippen molar-refractivity contribution in [2.45, 2.75) is 13.8 Å². The molecule has 0 heterocycles. The molecule has 2 aromatic carbocycles. The average Bonchev–Trinajstić information content (AvgIpc) is 2.56. The lowest BCUT2D eigenvalue weighted by Gasteiger charge is -2.06. The van der Waals surface area contributed by atoms with Crippen molar-refractivity contribution in [3.63, 3.8) is 0 Å². The second-order valence-corrected chi connectivity index (χ2v) is 5.36. The van der Waals surface area contributed by atoms with Crippen LogP contribution >= 0.6 is 0 Å². The fourth-order valence-electron chi connectivity index (χ4n) is 1.81. The van der Waals surface area contributed by atoms with Gasteiger partial charge in [0.2, 0.25) is 0 Å². The van der Waals surface area contributed by atoms with E-state index in [4.69, 9.17) is 0 Å². The van der Waals surface area contributed by atoms with E-state index in [9.17, 15) is 9.59 Å². The number of hydrogen-bond acceptors (Lipinski definition) is 3. The summed E-state index contributed by atoms with van der Waals surface area (Å²) in [6.07, 6.45) is 1.66. The van der Waals surface area contributed by atoms with E-state index in [-0.39, 0.29) is 17.7 Å². The van der Waals surface area contributed by atoms with Gasteiger partial charge in [-0.05, 0) is 42.3 Å². The fourth-order valence-corrected chi connectivity index (χ4v) is 1.81. The van der Waals surface area contributed by atoms with E-state index in [1.54, 1.807) is 54.7 Å². The van der Waals surface area contributed by atoms with Gasteiger partial charge in [-0.3, -0.25) is 9.59 Å². The van der Waals surface area contributed by atoms with Gasteiger partial charge in [0.1, 0.15) is 0 Å². The van der Waals surface area contributed by atoms with Gasteiger partial charge < -0.3 is 5.32 Å². The summed E-state index contributed by atoms with van der Waals surface area (Å²) < 4.78 is 0. The minimum Gasteiger partial charge on any atom is -0.322 e. The number of nitrogens with zero attached hydrogens (tertiary/aromatic N) is 1. The standard InChI is InChI=1S/C18H19N3O2/c1-13(2)12-19-21-18(23)15-8-10-16(11-9-15)20-17(22)14-6-4-3-5-7-14/h3-13H,1-2H3,(H,20,22)(H,21,23). The van der Waals surface area contributed by atoms with Crippen molar-refractivity contribution in [3.8, 4) is 0 Å². The molecule has 118 valence electrons. The largest absolute Gasteiger partial charge is 0.322 e. The highest BCUT2D eigenvalue weighted by atomic mass is 16.2. The van der Waals surface area contributed by atoms with Crippen LogP contribution < -0.4 is 10.7 Å². The second kappa shape index (κ2) is 7.89. The van der Waals surface area contributed by atoms with Crippen LogP contribution in [0, 0.1) is 5.92 Å². The number of carbonyl (C=O) groups is 2. The Kier molecular flexibility index (Phi) is 5.63. The van der Waals surface area contributed by atoms with E-state index in [1.165, 1.54) is 0 Å². The van der Waals surface area contributed by atoms with E-state index in [2.05, 4.69) is 15.8 Å². The second-order valence-electron chi connectivity index (χ2n) is 5.36. The Bertz CT molecular complexity index is 692. The van der Waals surface area contributed by atoms with Crippen LogP contribution in [0.15, 0.2) is 59.7 Å². The van der Waals surface area contributed by atoms with Crippen molar-refractivity contribution in [2.75, 3.05) is 5.32 Å². The van der Waals surface area contributed by atoms with Crippen molar-refractivity contribution in [2.24, 2.45) is 11.0 Å². The molecule has 0 aliphatic rings. The van der Waals surface area contributed by atoms with Crippen LogP contribution in [0.3, 0.4) is 0 Å². The van der Waals surface area contributed by atoms with Crippen molar-refractivity contribution < 1.29 is 9.59 Å². The zero-order valence-corrected chi connectivity index (χ0v) is 13.1. The lowest BCUT2D eigenvalue weighted by molar-refractivity contribution is 0.0954. The molecule has 5 heteroatoms. The molecule has 2 amide bonds. The lowest BCUT2D eigenvalue weighted by Crippen LogP contribution is -2.18. The van der Waals surface area contributed by atoms with Crippen LogP contribution in [0.2, 0.25) is 0 Å². The SMILES string of the molecule is CC(C)C=NNC(=O)c1ccc(NC(=O)c2ccccc2)cc1. The number of nitrogens with one attached hydrogen (secondary N) is 2. The summed E-state index contributed by atoms with van der Waals surface area (Å²) in [7, 11) is 0. The molecular weight excluding hydrogens is 290 g/mol. The van der Waals surface area contributed by atoms with Gasteiger partial charge in [-0.2, -0.15) is 5.10 Å². The zero-order valence-electron chi connectivity index (χ0n) is 13.1. The molecule has 0 fully saturated rings. The number of carbonyl (C=O) groups excluding carboxylic acids is 2. The van der Waals surface area contributed by atoms with E-state index in [0.29, 0.717) is 16.8 Å². The normalized spacial score (nSPS) is 10.7. The third-order valence-corrected chi connectivity index (χ3v) is 2.98. The smallest absolute Gasteiger partial charge is 0.271 e. The van der Waals surface area contributed by atoms with Gasteiger partial charge in [-0.25, -0.2) is 5.43 Å². The average molecular weight is 309 g/mol. The highest BCUT2D eigenvalue weighted by Gasteiger charge is 2.07. The van der Waals surface area contributed by atoms with Gasteiger partial charge in [-0.15, -0.1) is 0 Å². The maximum absolute atomic E-state index is 12.0. The summed E-state index contributed by atoms with van der Waals surface area (Å²) >= 11 is 0. The van der Waals surface area contributed by atoms with Crippen molar-refractivity contribution in [1.82, 2.24) is 5.43 Å². The molecule has 0 aliphatic carbocycles. The van der Waals surface area contributed by atoms with Gasteiger partial charge in [0, 0.05) is 23.0 Å². The zero-order chi connectivity index (χ0) is 16.7. The van der Waals surface area contributed by atoms with Gasteiger partial charge in [-0.1, -0.05) is 32.0 Å². The summed E-state index contributed by atoms with van der Waals surface area (Å²) in [5.74, 6) is -0.210. The Morgan fingerprint density at radius 2 is 1.52 bits per heavy atom. The minimum absolute atomic E-state index is 0.190. The first-order valence-electron chi connectivity index (χ1n) is 7.36. The molecule has 0 radical (unpaired) electrons. The Balaban J connectivity index is 1.97. The first kappa shape index (κ1) is 16.4. The predicted molar refractivity (Wildman–Crippen MR) is 91.6 cm³/mol. The molecule has 2 aromatic rings. The molecule has 0 saturated heterocycles. The quantitative estimate of drug-likeness (QED) is 0.657. The fraction of sp³-hybridized carbons (Fsp3) is 0.167. The maximum Gasteiger partial charge on any atom is 0.271 e. The van der Waals surface area contributed by atoms with Gasteiger partial charge in [0.05, 0.1) is 0 Å². The van der Waals surface area contributed by atoms with Crippen LogP contribution in [0.25, 0.3) is 0 Å². The molecule has 0 bridgehead atoms. The molecule has 0 aliphatic heterocycles. The highest BCUT2D eigenvalue weighted by molar-refractivity contribution is 6.04. The number of rotatable bonds is 5. The topological polar surface area (TPSA) is 70.6 Å². The van der Waals surface area contributed by atoms with E-state index in [1.807, 2.05) is 19.9 Å². The van der Waals surface area contributed by atoms with Crippen molar-refractivity contribution in [1.29, 1.82) is 0 Å². The molecular formula is C18H19N3O2. The molecule has 23 heavy (non-hydrogen) atoms. The van der Waals surface area contributed by atoms with E-state index < -0.39 is 0 Å². The van der Waals surface area contributed by atoms with Crippen LogP contribution in [0.5, 0.6) is 0 Å². The van der Waals surface area contributed by atoms with Gasteiger partial charge in [0.15, 0.2) is 0 Å². The summed E-state index contributed by atoms with van der Waals surface area (Å²) in [5, 5.41) is 6.65. The minimum atomic E-state index is -0.289. The van der Waals surface area contributed by atoms with Crippen molar-refractivity contribution in [3.05, 3.63) is 65.7 Å². The first-order chi connectivity index (χ1) is 11.1. The first-order valence-corrected chi connectivity index (χ1v) is 7.36. The number of hydrogen-bond donors (Lipinski definition) is 2. The summed E-state index contributed by atoms with van der Waals surface area (Å²) in [6.45, 7) is 3.94. The van der Waals surface area contributed by atoms with Crippen LogP contribution in [-0.4, -0.2) is 18.0 Å². The van der Waals surface area contributed by atoms with Crippen LogP contribution in [0.4, 0.5) is 5.69 Å². The van der Waals surface area contributed by atoms with Crippen LogP contribution in [0.1, 0.15) is 34.6 Å². The monoisotopic (exact) mass is 309 g/mol. The molecule has 0 saturated carbocycles. The predicted octanol–water partition coefficient (Wildman–Crippen LogP) is 3.31. The molecule has 0 spiro atoms. The van der Waals surface area contributed by atoms with Crippen molar-refractivity contribution >= 4 is 23.7 Å². The molecule has 5 nitrogen and oxygen atoms in total. The Morgan fingerprint density at radius 3 is 2.13 bits per heavy atom. The Labute approximate surface area is 135 Å². The number of benzene rings is 2. The summed E-state index contributed by atoms with van der Waals surface area (Å²) in [6, 6.07) is 15.6. The van der Waals surface area contributed by atoms with E-state index in [0.717, 1.165) is 0 Å². The number of anilines is 1. The third-order valence-electron chi connectivity index (χ3n) is 2.98. The molecule has 2 rings (SSSR count).